The van der Waals surface area contributed by atoms with Gasteiger partial charge in [-0.3, -0.25) is 9.10 Å². The lowest BCUT2D eigenvalue weighted by atomic mass is 10.1. The first-order chi connectivity index (χ1) is 14.7. The lowest BCUT2D eigenvalue weighted by molar-refractivity contribution is -0.128. The third-order valence-electron chi connectivity index (χ3n) is 5.95. The van der Waals surface area contributed by atoms with Crippen LogP contribution >= 0.6 is 0 Å². The van der Waals surface area contributed by atoms with Crippen LogP contribution in [0.3, 0.4) is 0 Å². The van der Waals surface area contributed by atoms with E-state index in [4.69, 9.17) is 4.74 Å². The molecule has 2 aromatic rings. The highest BCUT2D eigenvalue weighted by molar-refractivity contribution is 7.92. The van der Waals surface area contributed by atoms with Crippen LogP contribution in [0, 0.1) is 13.8 Å². The fourth-order valence-electron chi connectivity index (χ4n) is 4.01. The molecule has 166 valence electrons. The normalized spacial score (nSPS) is 20.1. The number of sulfonamides is 1. The van der Waals surface area contributed by atoms with Crippen molar-refractivity contribution >= 4 is 21.6 Å². The third kappa shape index (κ3) is 4.55. The zero-order valence-electron chi connectivity index (χ0n) is 18.2. The summed E-state index contributed by atoms with van der Waals surface area (Å²) in [5.74, 6) is 0.135. The van der Waals surface area contributed by atoms with Gasteiger partial charge in [-0.05, 0) is 76.7 Å². The lowest BCUT2D eigenvalue weighted by Crippen LogP contribution is -2.53. The van der Waals surface area contributed by atoms with Crippen molar-refractivity contribution < 1.29 is 17.9 Å². The number of aryl methyl sites for hydroxylation is 2. The van der Waals surface area contributed by atoms with Gasteiger partial charge in [0, 0.05) is 6.04 Å². The molecule has 2 aromatic carbocycles. The molecule has 1 fully saturated rings. The first-order valence-electron chi connectivity index (χ1n) is 10.6. The minimum atomic E-state index is -3.85. The Morgan fingerprint density at radius 2 is 1.68 bits per heavy atom. The molecule has 0 aliphatic carbocycles. The number of carbonyl (C=O) groups excluding carboxylic acids is 1. The lowest BCUT2D eigenvalue weighted by Gasteiger charge is -2.36. The number of anilines is 1. The van der Waals surface area contributed by atoms with E-state index in [0.29, 0.717) is 11.4 Å². The van der Waals surface area contributed by atoms with Gasteiger partial charge in [0.15, 0.2) is 6.10 Å². The number of amides is 1. The van der Waals surface area contributed by atoms with E-state index in [0.717, 1.165) is 37.1 Å². The number of ether oxygens (including phenoxy) is 1. The largest absolute Gasteiger partial charge is 0.476 e. The fraction of sp³-hybridized carbons (Fsp3) is 0.435. The van der Waals surface area contributed by atoms with Crippen LogP contribution in [0.5, 0.6) is 5.75 Å². The number of carbonyl (C=O) groups is 1. The van der Waals surface area contributed by atoms with Gasteiger partial charge in [-0.2, -0.15) is 0 Å². The summed E-state index contributed by atoms with van der Waals surface area (Å²) in [6, 6.07) is 12.2. The summed E-state index contributed by atoms with van der Waals surface area (Å²) in [5, 5.41) is 3.06. The summed E-state index contributed by atoms with van der Waals surface area (Å²) in [5.41, 5.74) is 2.37. The summed E-state index contributed by atoms with van der Waals surface area (Å²) in [4.78, 5) is 15.5. The van der Waals surface area contributed by atoms with E-state index in [1.165, 1.54) is 4.31 Å². The molecule has 4 rings (SSSR count). The number of benzene rings is 2. The van der Waals surface area contributed by atoms with Crippen LogP contribution < -0.4 is 14.4 Å². The number of rotatable bonds is 4. The summed E-state index contributed by atoms with van der Waals surface area (Å²) < 4.78 is 34.2. The molecule has 0 saturated carbocycles. The van der Waals surface area contributed by atoms with Gasteiger partial charge < -0.3 is 15.0 Å². The van der Waals surface area contributed by atoms with Crippen molar-refractivity contribution in [2.24, 2.45) is 0 Å². The monoisotopic (exact) mass is 443 g/mol. The average Bonchev–Trinajstić information content (AvgIpc) is 2.74. The fourth-order valence-corrected chi connectivity index (χ4v) is 5.49. The van der Waals surface area contributed by atoms with Crippen molar-refractivity contribution in [2.45, 2.75) is 43.7 Å². The molecule has 0 bridgehead atoms. The van der Waals surface area contributed by atoms with Crippen molar-refractivity contribution in [3.8, 4) is 5.75 Å². The van der Waals surface area contributed by atoms with Crippen LogP contribution in [0.4, 0.5) is 5.69 Å². The van der Waals surface area contributed by atoms with E-state index in [1.807, 2.05) is 19.9 Å². The summed E-state index contributed by atoms with van der Waals surface area (Å²) in [7, 11) is -1.78. The van der Waals surface area contributed by atoms with Crippen LogP contribution in [0.15, 0.2) is 47.4 Å². The Bertz CT molecular complexity index is 1060. The van der Waals surface area contributed by atoms with E-state index in [2.05, 4.69) is 17.3 Å². The summed E-state index contributed by atoms with van der Waals surface area (Å²) >= 11 is 0. The average molecular weight is 444 g/mol. The van der Waals surface area contributed by atoms with Crippen molar-refractivity contribution in [1.29, 1.82) is 0 Å². The molecule has 0 radical (unpaired) electrons. The maximum Gasteiger partial charge on any atom is 0.264 e. The number of nitrogens with one attached hydrogen (secondary N) is 1. The van der Waals surface area contributed by atoms with Crippen molar-refractivity contribution in [2.75, 3.05) is 31.0 Å². The van der Waals surface area contributed by atoms with Crippen LogP contribution in [-0.2, 0) is 14.8 Å². The zero-order chi connectivity index (χ0) is 22.2. The van der Waals surface area contributed by atoms with Crippen LogP contribution in [0.2, 0.25) is 0 Å². The number of likely N-dealkylation sites (tertiary alicyclic amines) is 1. The summed E-state index contributed by atoms with van der Waals surface area (Å²) in [6.45, 7) is 5.60. The topological polar surface area (TPSA) is 79.0 Å². The van der Waals surface area contributed by atoms with Gasteiger partial charge in [-0.25, -0.2) is 8.42 Å². The number of piperidine rings is 1. The minimum Gasteiger partial charge on any atom is -0.476 e. The molecule has 2 heterocycles. The van der Waals surface area contributed by atoms with Gasteiger partial charge in [0.1, 0.15) is 5.75 Å². The van der Waals surface area contributed by atoms with Crippen molar-refractivity contribution in [1.82, 2.24) is 10.2 Å². The van der Waals surface area contributed by atoms with E-state index >= 15 is 0 Å². The smallest absolute Gasteiger partial charge is 0.264 e. The molecule has 1 saturated heterocycles. The first kappa shape index (κ1) is 21.6. The minimum absolute atomic E-state index is 0.0648. The molecule has 31 heavy (non-hydrogen) atoms. The van der Waals surface area contributed by atoms with Crippen LogP contribution in [-0.4, -0.2) is 58.1 Å². The van der Waals surface area contributed by atoms with Gasteiger partial charge in [0.2, 0.25) is 0 Å². The number of nitrogens with zero attached hydrogens (tertiary/aromatic N) is 2. The van der Waals surface area contributed by atoms with Crippen molar-refractivity contribution in [3.63, 3.8) is 0 Å². The molecule has 8 heteroatoms. The first-order valence-corrected chi connectivity index (χ1v) is 12.0. The van der Waals surface area contributed by atoms with Crippen molar-refractivity contribution in [3.05, 3.63) is 53.6 Å². The molecular weight excluding hydrogens is 414 g/mol. The molecule has 0 spiro atoms. The quantitative estimate of drug-likeness (QED) is 0.785. The van der Waals surface area contributed by atoms with E-state index in [1.54, 1.807) is 36.4 Å². The van der Waals surface area contributed by atoms with E-state index in [9.17, 15) is 13.2 Å². The van der Waals surface area contributed by atoms with E-state index < -0.39 is 16.1 Å². The Balaban J connectivity index is 1.62. The summed E-state index contributed by atoms with van der Waals surface area (Å²) in [6.07, 6.45) is 0.834. The molecule has 1 N–H and O–H groups in total. The number of hydrogen-bond donors (Lipinski definition) is 1. The SMILES string of the molecule is Cc1ccc(S(=O)(=O)N2C[C@H](C(=O)NC3CCN(C)CC3)Oc3cc(C)ccc32)cc1. The standard InChI is InChI=1S/C23H29N3O4S/c1-16-4-7-19(8-5-16)31(28,29)26-15-22(30-21-14-17(2)6-9-20(21)26)23(27)24-18-10-12-25(3)13-11-18/h4-9,14,18,22H,10-13,15H2,1-3H3,(H,24,27)/t22-/m1/s1. The van der Waals surface area contributed by atoms with Gasteiger partial charge in [0.05, 0.1) is 17.1 Å². The molecule has 2 aliphatic rings. The Morgan fingerprint density at radius 1 is 1.03 bits per heavy atom. The van der Waals surface area contributed by atoms with Gasteiger partial charge >= 0.3 is 0 Å². The molecule has 7 nitrogen and oxygen atoms in total. The second kappa shape index (κ2) is 8.51. The Morgan fingerprint density at radius 3 is 2.35 bits per heavy atom. The maximum absolute atomic E-state index is 13.5. The predicted molar refractivity (Wildman–Crippen MR) is 120 cm³/mol. The number of hydrogen-bond acceptors (Lipinski definition) is 5. The molecule has 0 unspecified atom stereocenters. The third-order valence-corrected chi connectivity index (χ3v) is 7.75. The highest BCUT2D eigenvalue weighted by Gasteiger charge is 2.38. The number of fused-ring (bicyclic) bond motifs is 1. The Kier molecular flexibility index (Phi) is 5.94. The van der Waals surface area contributed by atoms with Gasteiger partial charge in [-0.15, -0.1) is 0 Å². The molecular formula is C23H29N3O4S. The molecule has 0 aromatic heterocycles. The van der Waals surface area contributed by atoms with Gasteiger partial charge in [0.25, 0.3) is 15.9 Å². The Hall–Kier alpha value is -2.58. The van der Waals surface area contributed by atoms with Crippen LogP contribution in [0.25, 0.3) is 0 Å². The highest BCUT2D eigenvalue weighted by atomic mass is 32.2. The second-order valence-corrected chi connectivity index (χ2v) is 10.4. The van der Waals surface area contributed by atoms with E-state index in [-0.39, 0.29) is 23.4 Å². The zero-order valence-corrected chi connectivity index (χ0v) is 19.0. The molecule has 1 amide bonds. The predicted octanol–water partition coefficient (Wildman–Crippen LogP) is 2.47. The van der Waals surface area contributed by atoms with Gasteiger partial charge in [-0.1, -0.05) is 23.8 Å². The molecule has 1 atom stereocenters. The second-order valence-electron chi connectivity index (χ2n) is 8.51. The Labute approximate surface area is 184 Å². The molecule has 2 aliphatic heterocycles. The maximum atomic E-state index is 13.5. The van der Waals surface area contributed by atoms with Crippen LogP contribution in [0.1, 0.15) is 24.0 Å². The highest BCUT2D eigenvalue weighted by Crippen LogP contribution is 2.37.